The van der Waals surface area contributed by atoms with Gasteiger partial charge in [0.15, 0.2) is 0 Å². The number of rotatable bonds is 6. The first kappa shape index (κ1) is 15.3. The van der Waals surface area contributed by atoms with Gasteiger partial charge in [-0.2, -0.15) is 0 Å². The summed E-state index contributed by atoms with van der Waals surface area (Å²) in [6.07, 6.45) is 1.47. The van der Waals surface area contributed by atoms with Gasteiger partial charge in [-0.25, -0.2) is 0 Å². The van der Waals surface area contributed by atoms with Crippen LogP contribution in [0, 0.1) is 12.8 Å². The van der Waals surface area contributed by atoms with Crippen molar-refractivity contribution in [3.05, 3.63) is 29.3 Å². The molecule has 1 aliphatic heterocycles. The van der Waals surface area contributed by atoms with E-state index in [0.717, 1.165) is 25.3 Å². The molecule has 0 aromatic heterocycles. The number of aryl methyl sites for hydroxylation is 1. The standard InChI is InChI=1S/C17H27NO2/c1-5-18-17(14-10-13(4)20-11-14)15-9-12(3)7-8-16(15)19-6-2/h7-9,13-14,17-18H,5-6,10-11H2,1-4H3. The maximum Gasteiger partial charge on any atom is 0.124 e. The summed E-state index contributed by atoms with van der Waals surface area (Å²) in [4.78, 5) is 0. The minimum atomic E-state index is 0.311. The van der Waals surface area contributed by atoms with Crippen LogP contribution in [0.4, 0.5) is 0 Å². The molecular formula is C17H27NO2. The van der Waals surface area contributed by atoms with Gasteiger partial charge in [-0.1, -0.05) is 24.6 Å². The van der Waals surface area contributed by atoms with Gasteiger partial charge in [0.1, 0.15) is 5.75 Å². The molecule has 2 rings (SSSR count). The third kappa shape index (κ3) is 3.53. The van der Waals surface area contributed by atoms with Crippen LogP contribution in [0.15, 0.2) is 18.2 Å². The zero-order valence-corrected chi connectivity index (χ0v) is 13.1. The summed E-state index contributed by atoms with van der Waals surface area (Å²) in [5.41, 5.74) is 2.55. The SMILES string of the molecule is CCNC(c1cc(C)ccc1OCC)C1COC(C)C1. The Hall–Kier alpha value is -1.06. The fraction of sp³-hybridized carbons (Fsp3) is 0.647. The summed E-state index contributed by atoms with van der Waals surface area (Å²) in [6, 6.07) is 6.77. The van der Waals surface area contributed by atoms with Gasteiger partial charge in [0, 0.05) is 17.5 Å². The minimum Gasteiger partial charge on any atom is -0.494 e. The second-order valence-electron chi connectivity index (χ2n) is 5.65. The molecule has 0 radical (unpaired) electrons. The molecule has 0 bridgehead atoms. The summed E-state index contributed by atoms with van der Waals surface area (Å²) in [5, 5.41) is 3.63. The Labute approximate surface area is 122 Å². The van der Waals surface area contributed by atoms with Crippen LogP contribution in [0.5, 0.6) is 5.75 Å². The molecule has 1 saturated heterocycles. The molecule has 1 aromatic carbocycles. The lowest BCUT2D eigenvalue weighted by Crippen LogP contribution is -2.29. The van der Waals surface area contributed by atoms with Crippen LogP contribution in [0.1, 0.15) is 44.4 Å². The number of ether oxygens (including phenoxy) is 2. The van der Waals surface area contributed by atoms with Crippen LogP contribution >= 0.6 is 0 Å². The molecule has 3 unspecified atom stereocenters. The summed E-state index contributed by atoms with van der Waals surface area (Å²) < 4.78 is 11.6. The monoisotopic (exact) mass is 277 g/mol. The first-order valence-corrected chi connectivity index (χ1v) is 7.74. The van der Waals surface area contributed by atoms with Gasteiger partial charge >= 0.3 is 0 Å². The lowest BCUT2D eigenvalue weighted by atomic mass is 9.89. The average molecular weight is 277 g/mol. The zero-order chi connectivity index (χ0) is 14.5. The molecule has 1 N–H and O–H groups in total. The van der Waals surface area contributed by atoms with E-state index in [9.17, 15) is 0 Å². The largest absolute Gasteiger partial charge is 0.494 e. The zero-order valence-electron chi connectivity index (χ0n) is 13.1. The second kappa shape index (κ2) is 7.09. The van der Waals surface area contributed by atoms with Gasteiger partial charge in [0.2, 0.25) is 0 Å². The van der Waals surface area contributed by atoms with E-state index in [1.54, 1.807) is 0 Å². The summed E-state index contributed by atoms with van der Waals surface area (Å²) in [5.74, 6) is 1.52. The van der Waals surface area contributed by atoms with Crippen LogP contribution in [-0.2, 0) is 4.74 Å². The number of benzene rings is 1. The summed E-state index contributed by atoms with van der Waals surface area (Å²) in [6.45, 7) is 11.0. The van der Waals surface area contributed by atoms with E-state index in [1.165, 1.54) is 11.1 Å². The molecule has 1 aliphatic rings. The predicted molar refractivity (Wildman–Crippen MR) is 82.3 cm³/mol. The van der Waals surface area contributed by atoms with Crippen molar-refractivity contribution < 1.29 is 9.47 Å². The summed E-state index contributed by atoms with van der Waals surface area (Å²) >= 11 is 0. The lowest BCUT2D eigenvalue weighted by Gasteiger charge is -2.26. The fourth-order valence-corrected chi connectivity index (χ4v) is 3.03. The highest BCUT2D eigenvalue weighted by Crippen LogP contribution is 2.36. The van der Waals surface area contributed by atoms with Gasteiger partial charge in [-0.15, -0.1) is 0 Å². The van der Waals surface area contributed by atoms with Crippen LogP contribution in [-0.4, -0.2) is 25.9 Å². The molecular weight excluding hydrogens is 250 g/mol. The van der Waals surface area contributed by atoms with Crippen molar-refractivity contribution in [2.45, 2.75) is 46.3 Å². The fourth-order valence-electron chi connectivity index (χ4n) is 3.03. The molecule has 0 saturated carbocycles. The maximum absolute atomic E-state index is 5.82. The van der Waals surface area contributed by atoms with Crippen molar-refractivity contribution in [2.75, 3.05) is 19.8 Å². The number of hydrogen-bond donors (Lipinski definition) is 1. The molecule has 0 spiro atoms. The molecule has 1 fully saturated rings. The molecule has 20 heavy (non-hydrogen) atoms. The first-order valence-electron chi connectivity index (χ1n) is 7.74. The van der Waals surface area contributed by atoms with Crippen molar-refractivity contribution in [2.24, 2.45) is 5.92 Å². The highest BCUT2D eigenvalue weighted by Gasteiger charge is 2.31. The Morgan fingerprint density at radius 2 is 2.20 bits per heavy atom. The third-order valence-corrected chi connectivity index (χ3v) is 3.93. The maximum atomic E-state index is 5.82. The van der Waals surface area contributed by atoms with Gasteiger partial charge < -0.3 is 14.8 Å². The Morgan fingerprint density at radius 1 is 1.40 bits per heavy atom. The molecule has 1 heterocycles. The van der Waals surface area contributed by atoms with E-state index in [4.69, 9.17) is 9.47 Å². The minimum absolute atomic E-state index is 0.311. The van der Waals surface area contributed by atoms with E-state index in [0.29, 0.717) is 24.7 Å². The topological polar surface area (TPSA) is 30.5 Å². The van der Waals surface area contributed by atoms with E-state index in [1.807, 2.05) is 6.92 Å². The lowest BCUT2D eigenvalue weighted by molar-refractivity contribution is 0.116. The number of nitrogens with one attached hydrogen (secondary N) is 1. The Bertz CT molecular complexity index is 433. The van der Waals surface area contributed by atoms with Crippen LogP contribution in [0.2, 0.25) is 0 Å². The second-order valence-corrected chi connectivity index (χ2v) is 5.65. The molecule has 3 atom stereocenters. The first-order chi connectivity index (χ1) is 9.65. The van der Waals surface area contributed by atoms with Gasteiger partial charge in [-0.05, 0) is 39.8 Å². The van der Waals surface area contributed by atoms with Crippen LogP contribution in [0.25, 0.3) is 0 Å². The Kier molecular flexibility index (Phi) is 5.44. The third-order valence-electron chi connectivity index (χ3n) is 3.93. The van der Waals surface area contributed by atoms with E-state index in [-0.39, 0.29) is 0 Å². The van der Waals surface area contributed by atoms with Gasteiger partial charge in [0.05, 0.1) is 19.3 Å². The van der Waals surface area contributed by atoms with E-state index in [2.05, 4.69) is 44.3 Å². The molecule has 1 aromatic rings. The predicted octanol–water partition coefficient (Wildman–Crippen LogP) is 3.47. The van der Waals surface area contributed by atoms with Crippen molar-refractivity contribution in [3.8, 4) is 5.75 Å². The Morgan fingerprint density at radius 3 is 2.80 bits per heavy atom. The van der Waals surface area contributed by atoms with Crippen molar-refractivity contribution in [1.82, 2.24) is 5.32 Å². The number of hydrogen-bond acceptors (Lipinski definition) is 3. The highest BCUT2D eigenvalue weighted by atomic mass is 16.5. The van der Waals surface area contributed by atoms with Crippen molar-refractivity contribution in [3.63, 3.8) is 0 Å². The van der Waals surface area contributed by atoms with E-state index >= 15 is 0 Å². The molecule has 3 nitrogen and oxygen atoms in total. The highest BCUT2D eigenvalue weighted by molar-refractivity contribution is 5.39. The normalized spacial score (nSPS) is 23.8. The Balaban J connectivity index is 2.29. The molecule has 112 valence electrons. The van der Waals surface area contributed by atoms with Crippen LogP contribution in [0.3, 0.4) is 0 Å². The van der Waals surface area contributed by atoms with E-state index < -0.39 is 0 Å². The molecule has 3 heteroatoms. The molecule has 0 amide bonds. The average Bonchev–Trinajstić information content (AvgIpc) is 2.85. The van der Waals surface area contributed by atoms with Gasteiger partial charge in [0.25, 0.3) is 0 Å². The summed E-state index contributed by atoms with van der Waals surface area (Å²) in [7, 11) is 0. The van der Waals surface area contributed by atoms with Crippen molar-refractivity contribution in [1.29, 1.82) is 0 Å². The molecule has 0 aliphatic carbocycles. The smallest absolute Gasteiger partial charge is 0.124 e. The quantitative estimate of drug-likeness (QED) is 0.863. The van der Waals surface area contributed by atoms with Crippen LogP contribution < -0.4 is 10.1 Å². The van der Waals surface area contributed by atoms with Gasteiger partial charge in [-0.3, -0.25) is 0 Å². The van der Waals surface area contributed by atoms with Crippen molar-refractivity contribution >= 4 is 0 Å².